The van der Waals surface area contributed by atoms with E-state index in [4.69, 9.17) is 4.74 Å². The molecule has 0 amide bonds. The Morgan fingerprint density at radius 3 is 2.81 bits per heavy atom. The monoisotopic (exact) mass is 216 g/mol. The number of carbonyl (C=O) groups is 1. The number of rotatable bonds is 3. The highest BCUT2D eigenvalue weighted by molar-refractivity contribution is 5.92. The number of hydrogen-bond donors (Lipinski definition) is 0. The van der Waals surface area contributed by atoms with Gasteiger partial charge in [-0.3, -0.25) is 4.79 Å². The summed E-state index contributed by atoms with van der Waals surface area (Å²) in [6, 6.07) is 10.1. The van der Waals surface area contributed by atoms with Gasteiger partial charge in [-0.2, -0.15) is 0 Å². The van der Waals surface area contributed by atoms with Gasteiger partial charge in [0.25, 0.3) is 0 Å². The molecular weight excluding hydrogens is 200 g/mol. The molecule has 2 heteroatoms. The van der Waals surface area contributed by atoms with Crippen molar-refractivity contribution in [3.8, 4) is 0 Å². The lowest BCUT2D eigenvalue weighted by molar-refractivity contribution is -0.158. The molecule has 1 aromatic carbocycles. The van der Waals surface area contributed by atoms with E-state index in [2.05, 4.69) is 0 Å². The molecule has 0 aliphatic heterocycles. The molecule has 0 spiro atoms. The molecule has 1 aromatic rings. The maximum absolute atomic E-state index is 11.7. The lowest BCUT2D eigenvalue weighted by atomic mass is 9.72. The lowest BCUT2D eigenvalue weighted by Crippen LogP contribution is -2.50. The van der Waals surface area contributed by atoms with E-state index in [-0.39, 0.29) is 6.10 Å². The van der Waals surface area contributed by atoms with Gasteiger partial charge < -0.3 is 4.74 Å². The fourth-order valence-corrected chi connectivity index (χ4v) is 2.97. The van der Waals surface area contributed by atoms with E-state index < -0.39 is 0 Å². The largest absolute Gasteiger partial charge is 0.365 e. The van der Waals surface area contributed by atoms with Crippen molar-refractivity contribution in [2.75, 3.05) is 0 Å². The molecule has 3 rings (SSSR count). The summed E-state index contributed by atoms with van der Waals surface area (Å²) in [5.41, 5.74) is 1.15. The van der Waals surface area contributed by atoms with Crippen LogP contribution < -0.4 is 0 Å². The molecule has 0 saturated heterocycles. The molecule has 0 bridgehead atoms. The standard InChI is InChI=1S/C14H16O2/c15-13-11-7-4-8-12(11)14(13)16-9-10-5-2-1-3-6-10/h1-3,5-6,11-12,14H,4,7-9H2. The number of hydrogen-bond acceptors (Lipinski definition) is 2. The molecule has 0 N–H and O–H groups in total. The van der Waals surface area contributed by atoms with Gasteiger partial charge in [0, 0.05) is 11.8 Å². The van der Waals surface area contributed by atoms with Crippen molar-refractivity contribution >= 4 is 5.78 Å². The minimum atomic E-state index is -0.104. The molecule has 0 aromatic heterocycles. The Kier molecular flexibility index (Phi) is 2.52. The molecule has 2 saturated carbocycles. The quantitative estimate of drug-likeness (QED) is 0.776. The second-order valence-corrected chi connectivity index (χ2v) is 4.82. The van der Waals surface area contributed by atoms with Crippen LogP contribution in [0, 0.1) is 11.8 Å². The smallest absolute Gasteiger partial charge is 0.165 e. The van der Waals surface area contributed by atoms with Crippen molar-refractivity contribution in [1.29, 1.82) is 0 Å². The van der Waals surface area contributed by atoms with Crippen LogP contribution in [0.1, 0.15) is 24.8 Å². The molecule has 3 unspecified atom stereocenters. The summed E-state index contributed by atoms with van der Waals surface area (Å²) in [5, 5.41) is 0. The minimum absolute atomic E-state index is 0.104. The zero-order chi connectivity index (χ0) is 11.0. The molecule has 0 radical (unpaired) electrons. The van der Waals surface area contributed by atoms with Crippen molar-refractivity contribution in [1.82, 2.24) is 0 Å². The van der Waals surface area contributed by atoms with Crippen molar-refractivity contribution < 1.29 is 9.53 Å². The van der Waals surface area contributed by atoms with Gasteiger partial charge in [-0.1, -0.05) is 36.8 Å². The van der Waals surface area contributed by atoms with Crippen LogP contribution in [0.15, 0.2) is 30.3 Å². The molecule has 3 atom stereocenters. The van der Waals surface area contributed by atoms with Gasteiger partial charge in [-0.15, -0.1) is 0 Å². The first-order chi connectivity index (χ1) is 7.86. The highest BCUT2D eigenvalue weighted by atomic mass is 16.5. The average Bonchev–Trinajstić information content (AvgIpc) is 2.75. The third-order valence-corrected chi connectivity index (χ3v) is 3.88. The average molecular weight is 216 g/mol. The third kappa shape index (κ3) is 1.57. The summed E-state index contributed by atoms with van der Waals surface area (Å²) in [6.45, 7) is 0.570. The molecule has 2 aliphatic rings. The molecule has 16 heavy (non-hydrogen) atoms. The maximum Gasteiger partial charge on any atom is 0.165 e. The normalized spacial score (nSPS) is 32.2. The van der Waals surface area contributed by atoms with Crippen LogP contribution in [0.2, 0.25) is 0 Å². The van der Waals surface area contributed by atoms with Crippen LogP contribution in [0.4, 0.5) is 0 Å². The summed E-state index contributed by atoms with van der Waals surface area (Å²) in [4.78, 5) is 11.7. The number of ether oxygens (including phenoxy) is 1. The van der Waals surface area contributed by atoms with Gasteiger partial charge in [0.15, 0.2) is 5.78 Å². The summed E-state index contributed by atoms with van der Waals surface area (Å²) in [5.74, 6) is 1.20. The first-order valence-electron chi connectivity index (χ1n) is 6.05. The first-order valence-corrected chi connectivity index (χ1v) is 6.05. The topological polar surface area (TPSA) is 26.3 Å². The Morgan fingerprint density at radius 2 is 2.00 bits per heavy atom. The third-order valence-electron chi connectivity index (χ3n) is 3.88. The van der Waals surface area contributed by atoms with E-state index in [1.54, 1.807) is 0 Å². The van der Waals surface area contributed by atoms with Crippen LogP contribution in [0.5, 0.6) is 0 Å². The van der Waals surface area contributed by atoms with Crippen LogP contribution in [-0.4, -0.2) is 11.9 Å². The van der Waals surface area contributed by atoms with Gasteiger partial charge in [0.1, 0.15) is 6.10 Å². The maximum atomic E-state index is 11.7. The minimum Gasteiger partial charge on any atom is -0.365 e. The Balaban J connectivity index is 1.58. The van der Waals surface area contributed by atoms with Crippen molar-refractivity contribution in [2.24, 2.45) is 11.8 Å². The highest BCUT2D eigenvalue weighted by Gasteiger charge is 2.52. The predicted molar refractivity (Wildman–Crippen MR) is 60.9 cm³/mol. The van der Waals surface area contributed by atoms with Gasteiger partial charge >= 0.3 is 0 Å². The van der Waals surface area contributed by atoms with E-state index in [0.29, 0.717) is 24.2 Å². The van der Waals surface area contributed by atoms with E-state index in [1.165, 1.54) is 12.8 Å². The molecule has 2 aliphatic carbocycles. The van der Waals surface area contributed by atoms with Gasteiger partial charge in [-0.05, 0) is 18.4 Å². The highest BCUT2D eigenvalue weighted by Crippen LogP contribution is 2.45. The summed E-state index contributed by atoms with van der Waals surface area (Å²) in [6.07, 6.45) is 3.37. The Bertz CT molecular complexity index is 385. The molecule has 2 nitrogen and oxygen atoms in total. The number of fused-ring (bicyclic) bond motifs is 1. The van der Waals surface area contributed by atoms with Crippen molar-refractivity contribution in [2.45, 2.75) is 32.0 Å². The van der Waals surface area contributed by atoms with Crippen LogP contribution in [-0.2, 0) is 16.1 Å². The zero-order valence-electron chi connectivity index (χ0n) is 9.26. The second-order valence-electron chi connectivity index (χ2n) is 4.82. The zero-order valence-corrected chi connectivity index (χ0v) is 9.26. The fourth-order valence-electron chi connectivity index (χ4n) is 2.97. The fraction of sp³-hybridized carbons (Fsp3) is 0.500. The van der Waals surface area contributed by atoms with Gasteiger partial charge in [0.2, 0.25) is 0 Å². The number of ketones is 1. The van der Waals surface area contributed by atoms with E-state index in [0.717, 1.165) is 12.0 Å². The van der Waals surface area contributed by atoms with E-state index in [9.17, 15) is 4.79 Å². The molecule has 84 valence electrons. The van der Waals surface area contributed by atoms with Gasteiger partial charge in [-0.25, -0.2) is 0 Å². The van der Waals surface area contributed by atoms with Crippen molar-refractivity contribution in [3.05, 3.63) is 35.9 Å². The lowest BCUT2D eigenvalue weighted by Gasteiger charge is -2.38. The van der Waals surface area contributed by atoms with E-state index >= 15 is 0 Å². The second kappa shape index (κ2) is 4.02. The summed E-state index contributed by atoms with van der Waals surface area (Å²) >= 11 is 0. The van der Waals surface area contributed by atoms with Crippen LogP contribution in [0.25, 0.3) is 0 Å². The Hall–Kier alpha value is -1.15. The Labute approximate surface area is 95.6 Å². The number of carbonyl (C=O) groups excluding carboxylic acids is 1. The van der Waals surface area contributed by atoms with Gasteiger partial charge in [0.05, 0.1) is 6.61 Å². The van der Waals surface area contributed by atoms with Crippen LogP contribution in [0.3, 0.4) is 0 Å². The van der Waals surface area contributed by atoms with Crippen LogP contribution >= 0.6 is 0 Å². The van der Waals surface area contributed by atoms with Crippen molar-refractivity contribution in [3.63, 3.8) is 0 Å². The summed E-state index contributed by atoms with van der Waals surface area (Å²) in [7, 11) is 0. The van der Waals surface area contributed by atoms with E-state index in [1.807, 2.05) is 30.3 Å². The molecule has 2 fully saturated rings. The number of benzene rings is 1. The molecular formula is C14H16O2. The first kappa shape index (κ1) is 10.0. The summed E-state index contributed by atoms with van der Waals surface area (Å²) < 4.78 is 5.74. The Morgan fingerprint density at radius 1 is 1.19 bits per heavy atom. The SMILES string of the molecule is O=C1C2CCCC2C1OCc1ccccc1. The molecule has 0 heterocycles. The number of Topliss-reactive ketones (excluding diaryl/α,β-unsaturated/α-hetero) is 1. The predicted octanol–water partition coefficient (Wildman–Crippen LogP) is 2.57.